The van der Waals surface area contributed by atoms with E-state index in [0.717, 1.165) is 12.2 Å². The van der Waals surface area contributed by atoms with Gasteiger partial charge in [0.25, 0.3) is 0 Å². The van der Waals surface area contributed by atoms with Crippen molar-refractivity contribution in [3.05, 3.63) is 0 Å². The number of nitrogens with two attached hydrogens (primary N) is 2. The number of carbonyl (C=O) groups is 1. The number of rotatable bonds is 8. The van der Waals surface area contributed by atoms with Crippen LogP contribution < -0.4 is 11.5 Å². The first-order chi connectivity index (χ1) is 7.93. The molecule has 0 spiro atoms. The molecule has 1 atom stereocenters. The molecule has 0 aliphatic carbocycles. The van der Waals surface area contributed by atoms with Gasteiger partial charge in [0.2, 0.25) is 0 Å². The summed E-state index contributed by atoms with van der Waals surface area (Å²) in [7, 11) is 0. The maximum absolute atomic E-state index is 10.4. The van der Waals surface area contributed by atoms with Crippen molar-refractivity contribution in [2.45, 2.75) is 39.2 Å². The van der Waals surface area contributed by atoms with E-state index in [4.69, 9.17) is 16.6 Å². The summed E-state index contributed by atoms with van der Waals surface area (Å²) in [4.78, 5) is 14.6. The summed E-state index contributed by atoms with van der Waals surface area (Å²) >= 11 is 1.55. The minimum absolute atomic E-state index is 0.433. The predicted octanol–water partition coefficient (Wildman–Crippen LogP) is 1.27. The Morgan fingerprint density at radius 3 is 2.59 bits per heavy atom. The van der Waals surface area contributed by atoms with Gasteiger partial charge in [-0.2, -0.15) is 0 Å². The molecule has 0 aromatic carbocycles. The average molecular weight is 261 g/mol. The highest BCUT2D eigenvalue weighted by atomic mass is 32.2. The quantitative estimate of drug-likeness (QED) is 0.347. The van der Waals surface area contributed by atoms with Crippen LogP contribution in [0.1, 0.15) is 33.1 Å². The van der Waals surface area contributed by atoms with Crippen molar-refractivity contribution < 1.29 is 9.90 Å². The van der Waals surface area contributed by atoms with Crippen molar-refractivity contribution in [2.24, 2.45) is 22.4 Å². The number of hydrogen-bond donors (Lipinski definition) is 3. The third kappa shape index (κ3) is 10.1. The third-order valence-electron chi connectivity index (χ3n) is 2.20. The Bertz CT molecular complexity index is 257. The highest BCUT2D eigenvalue weighted by Crippen LogP contribution is 2.08. The zero-order chi connectivity index (χ0) is 13.3. The first-order valence-corrected chi connectivity index (χ1v) is 6.83. The molecule has 0 saturated heterocycles. The number of aliphatic carboxylic acids is 1. The van der Waals surface area contributed by atoms with Gasteiger partial charge in [-0.15, -0.1) is 0 Å². The van der Waals surface area contributed by atoms with Gasteiger partial charge < -0.3 is 16.6 Å². The first kappa shape index (κ1) is 16.2. The van der Waals surface area contributed by atoms with E-state index in [0.29, 0.717) is 30.5 Å². The number of aliphatic imine (C=N–C) groups is 1. The van der Waals surface area contributed by atoms with E-state index in [1.807, 2.05) is 0 Å². The molecule has 5 N–H and O–H groups in total. The van der Waals surface area contributed by atoms with Crippen LogP contribution in [0.5, 0.6) is 0 Å². The molecule has 5 nitrogen and oxygen atoms in total. The lowest BCUT2D eigenvalue weighted by molar-refractivity contribution is -0.138. The smallest absolute Gasteiger partial charge is 0.320 e. The second kappa shape index (κ2) is 9.30. The Labute approximate surface area is 107 Å². The van der Waals surface area contributed by atoms with Gasteiger partial charge in [0.15, 0.2) is 5.17 Å². The summed E-state index contributed by atoms with van der Waals surface area (Å²) in [6.07, 6.45) is 2.20. The molecule has 0 aliphatic heterocycles. The number of carboxylic acid groups (broad SMARTS) is 1. The van der Waals surface area contributed by atoms with E-state index in [1.54, 1.807) is 11.8 Å². The van der Waals surface area contributed by atoms with E-state index < -0.39 is 12.0 Å². The van der Waals surface area contributed by atoms with Gasteiger partial charge in [-0.1, -0.05) is 25.6 Å². The van der Waals surface area contributed by atoms with Gasteiger partial charge in [-0.25, -0.2) is 0 Å². The third-order valence-corrected chi connectivity index (χ3v) is 3.07. The van der Waals surface area contributed by atoms with Gasteiger partial charge in [-0.05, 0) is 25.2 Å². The molecule has 0 saturated carbocycles. The van der Waals surface area contributed by atoms with E-state index >= 15 is 0 Å². The second-order valence-corrected chi connectivity index (χ2v) is 5.45. The Kier molecular flexibility index (Phi) is 8.89. The standard InChI is InChI=1S/C11H23N3O2S/c1-8(2)5-7-17-11(13)14-6-3-4-9(12)10(15)16/h8-9H,3-7,12H2,1-2H3,(H2,13,14)(H,15,16)/t9-/m0/s1. The van der Waals surface area contributed by atoms with Crippen LogP contribution >= 0.6 is 11.8 Å². The van der Waals surface area contributed by atoms with Crippen molar-refractivity contribution in [1.29, 1.82) is 0 Å². The average Bonchev–Trinajstić information content (AvgIpc) is 2.23. The fraction of sp³-hybridized carbons (Fsp3) is 0.818. The van der Waals surface area contributed by atoms with Crippen LogP contribution in [-0.4, -0.2) is 34.6 Å². The van der Waals surface area contributed by atoms with Crippen LogP contribution in [0, 0.1) is 5.92 Å². The van der Waals surface area contributed by atoms with Crippen molar-refractivity contribution in [1.82, 2.24) is 0 Å². The van der Waals surface area contributed by atoms with Gasteiger partial charge in [-0.3, -0.25) is 9.79 Å². The molecule has 6 heteroatoms. The summed E-state index contributed by atoms with van der Waals surface area (Å²) in [6.45, 7) is 4.88. The van der Waals surface area contributed by atoms with Crippen LogP contribution in [0.25, 0.3) is 0 Å². The van der Waals surface area contributed by atoms with Crippen LogP contribution in [0.4, 0.5) is 0 Å². The molecule has 0 radical (unpaired) electrons. The van der Waals surface area contributed by atoms with E-state index in [-0.39, 0.29) is 0 Å². The molecule has 0 aliphatic rings. The van der Waals surface area contributed by atoms with E-state index in [1.165, 1.54) is 0 Å². The zero-order valence-electron chi connectivity index (χ0n) is 10.6. The van der Waals surface area contributed by atoms with Crippen LogP contribution in [0.3, 0.4) is 0 Å². The van der Waals surface area contributed by atoms with Crippen LogP contribution in [-0.2, 0) is 4.79 Å². The van der Waals surface area contributed by atoms with E-state index in [2.05, 4.69) is 18.8 Å². The Morgan fingerprint density at radius 1 is 1.41 bits per heavy atom. The van der Waals surface area contributed by atoms with Crippen molar-refractivity contribution >= 4 is 22.9 Å². The molecular weight excluding hydrogens is 238 g/mol. The summed E-state index contributed by atoms with van der Waals surface area (Å²) in [5.41, 5.74) is 11.1. The summed E-state index contributed by atoms with van der Waals surface area (Å²) < 4.78 is 0. The Hall–Kier alpha value is -0.750. The lowest BCUT2D eigenvalue weighted by Crippen LogP contribution is -2.30. The van der Waals surface area contributed by atoms with Crippen molar-refractivity contribution in [2.75, 3.05) is 12.3 Å². The number of hydrogen-bond acceptors (Lipinski definition) is 4. The molecule has 0 heterocycles. The van der Waals surface area contributed by atoms with Crippen LogP contribution in [0.15, 0.2) is 4.99 Å². The van der Waals surface area contributed by atoms with Gasteiger partial charge in [0.05, 0.1) is 0 Å². The normalized spacial score (nSPS) is 14.0. The topological polar surface area (TPSA) is 102 Å². The molecule has 0 rings (SSSR count). The highest BCUT2D eigenvalue weighted by Gasteiger charge is 2.09. The molecule has 0 aromatic heterocycles. The largest absolute Gasteiger partial charge is 0.480 e. The maximum Gasteiger partial charge on any atom is 0.320 e. The molecule has 0 bridgehead atoms. The lowest BCUT2D eigenvalue weighted by Gasteiger charge is -2.05. The van der Waals surface area contributed by atoms with Crippen LogP contribution in [0.2, 0.25) is 0 Å². The van der Waals surface area contributed by atoms with Gasteiger partial charge in [0.1, 0.15) is 6.04 Å². The lowest BCUT2D eigenvalue weighted by atomic mass is 10.2. The second-order valence-electron chi connectivity index (χ2n) is 4.34. The van der Waals surface area contributed by atoms with Gasteiger partial charge in [0, 0.05) is 12.3 Å². The van der Waals surface area contributed by atoms with E-state index in [9.17, 15) is 4.79 Å². The number of carboxylic acids is 1. The Morgan fingerprint density at radius 2 is 2.06 bits per heavy atom. The zero-order valence-corrected chi connectivity index (χ0v) is 11.4. The molecule has 0 unspecified atom stereocenters. The number of nitrogens with zero attached hydrogens (tertiary/aromatic N) is 1. The SMILES string of the molecule is CC(C)CCSC(N)=NCCC[C@H](N)C(=O)O. The molecule has 17 heavy (non-hydrogen) atoms. The highest BCUT2D eigenvalue weighted by molar-refractivity contribution is 8.13. The van der Waals surface area contributed by atoms with Crippen molar-refractivity contribution in [3.63, 3.8) is 0 Å². The van der Waals surface area contributed by atoms with Crippen molar-refractivity contribution in [3.8, 4) is 0 Å². The maximum atomic E-state index is 10.4. The van der Waals surface area contributed by atoms with Gasteiger partial charge >= 0.3 is 5.97 Å². The minimum atomic E-state index is -0.965. The fourth-order valence-corrected chi connectivity index (χ4v) is 2.05. The molecule has 0 fully saturated rings. The first-order valence-electron chi connectivity index (χ1n) is 5.84. The molecular formula is C11H23N3O2S. The fourth-order valence-electron chi connectivity index (χ4n) is 1.07. The predicted molar refractivity (Wildman–Crippen MR) is 73.2 cm³/mol. The minimum Gasteiger partial charge on any atom is -0.480 e. The number of thioether (sulfide) groups is 1. The molecule has 100 valence electrons. The summed E-state index contributed by atoms with van der Waals surface area (Å²) in [5, 5.41) is 9.15. The Balaban J connectivity index is 3.59. The summed E-state index contributed by atoms with van der Waals surface area (Å²) in [5.74, 6) is 0.680. The summed E-state index contributed by atoms with van der Waals surface area (Å²) in [6, 6.07) is -0.792. The number of amidine groups is 1. The monoisotopic (exact) mass is 261 g/mol. The molecule has 0 amide bonds. The molecule has 0 aromatic rings.